The van der Waals surface area contributed by atoms with E-state index in [-0.39, 0.29) is 52.7 Å². The molecule has 0 atom stereocenters. The van der Waals surface area contributed by atoms with Gasteiger partial charge in [0.1, 0.15) is 0 Å². The second-order valence-electron chi connectivity index (χ2n) is 2.57. The van der Waals surface area contributed by atoms with Crippen molar-refractivity contribution in [3.8, 4) is 0 Å². The van der Waals surface area contributed by atoms with Crippen molar-refractivity contribution in [1.29, 1.82) is 0 Å². The molecule has 0 heterocycles. The molecule has 1 nitrogen and oxygen atoms in total. The molecule has 0 aromatic carbocycles. The molecule has 1 rings (SSSR count). The number of hydrogen-bond donors (Lipinski definition) is 0. The quantitative estimate of drug-likeness (QED) is 0.443. The maximum atomic E-state index is 10.8. The molecule has 0 aliphatic heterocycles. The van der Waals surface area contributed by atoms with Crippen LogP contribution >= 0.6 is 48.0 Å². The number of carbonyl (C=O) groups is 1. The number of rotatable bonds is 1. The van der Waals surface area contributed by atoms with Gasteiger partial charge in [0.05, 0.1) is 0 Å². The van der Waals surface area contributed by atoms with Gasteiger partial charge in [-0.2, -0.15) is 0 Å². The van der Waals surface area contributed by atoms with E-state index in [4.69, 9.17) is 0 Å². The fraction of sp³-hybridized carbons (Fsp3) is 0.444. The van der Waals surface area contributed by atoms with Crippen LogP contribution in [-0.2, 0) is 20.5 Å². The van der Waals surface area contributed by atoms with Crippen LogP contribution in [-0.4, -0.2) is 4.72 Å². The van der Waals surface area contributed by atoms with Gasteiger partial charge in [0, 0.05) is 0 Å². The number of allylic oxidation sites excluding steroid dienone is 4. The summed E-state index contributed by atoms with van der Waals surface area (Å²) in [4.78, 5) is 10.8. The van der Waals surface area contributed by atoms with E-state index in [9.17, 15) is 4.79 Å². The summed E-state index contributed by atoms with van der Waals surface area (Å²) < 4.78 is -0.0761. The molecule has 0 unspecified atom stereocenters. The summed E-state index contributed by atoms with van der Waals surface area (Å²) >= 11 is 3.84. The van der Waals surface area contributed by atoms with Crippen LogP contribution in [0.3, 0.4) is 0 Å². The summed E-state index contributed by atoms with van der Waals surface area (Å²) in [6.07, 6.45) is 10.1. The topological polar surface area (TPSA) is 17.1 Å². The SMILES string of the molecule is I.I.O=[C]([Co])C1=CCCC=CCC1. The zero-order valence-electron chi connectivity index (χ0n) is 7.12. The first-order valence-corrected chi connectivity index (χ1v) is 4.34. The van der Waals surface area contributed by atoms with Gasteiger partial charge in [0.15, 0.2) is 0 Å². The van der Waals surface area contributed by atoms with Gasteiger partial charge < -0.3 is 0 Å². The van der Waals surface area contributed by atoms with Gasteiger partial charge in [-0.25, -0.2) is 0 Å². The van der Waals surface area contributed by atoms with E-state index in [2.05, 4.69) is 27.9 Å². The minimum absolute atomic E-state index is 0. The van der Waals surface area contributed by atoms with Crippen molar-refractivity contribution in [3.63, 3.8) is 0 Å². The Labute approximate surface area is 121 Å². The molecular weight excluding hydrogens is 437 g/mol. The van der Waals surface area contributed by atoms with E-state index >= 15 is 0 Å². The van der Waals surface area contributed by atoms with Crippen molar-refractivity contribution < 1.29 is 20.5 Å². The summed E-state index contributed by atoms with van der Waals surface area (Å²) in [5.74, 6) is 0. The van der Waals surface area contributed by atoms with Crippen LogP contribution in [0.4, 0.5) is 0 Å². The van der Waals surface area contributed by atoms with Gasteiger partial charge in [0.2, 0.25) is 0 Å². The van der Waals surface area contributed by atoms with E-state index in [0.717, 1.165) is 31.3 Å². The standard InChI is InChI=1S/C9H11O.Co.2HI/c10-8-9-6-4-2-1-3-5-7-9;;;/h1-2,7H,3-6H2;;2*1H. The molecule has 0 spiro atoms. The molecule has 1 aliphatic carbocycles. The third-order valence-corrected chi connectivity index (χ3v) is 2.04. The minimum atomic E-state index is -0.0761. The van der Waals surface area contributed by atoms with Crippen LogP contribution in [0.25, 0.3) is 0 Å². The van der Waals surface area contributed by atoms with Crippen LogP contribution in [0.1, 0.15) is 25.7 Å². The first kappa shape index (κ1) is 16.5. The van der Waals surface area contributed by atoms with Crippen molar-refractivity contribution in [1.82, 2.24) is 0 Å². The summed E-state index contributed by atoms with van der Waals surface area (Å²) in [5.41, 5.74) is 0.870. The van der Waals surface area contributed by atoms with Crippen LogP contribution in [0.2, 0.25) is 0 Å². The molecule has 0 amide bonds. The molecular formula is C9H13CoI2O. The predicted molar refractivity (Wildman–Crippen MR) is 71.5 cm³/mol. The monoisotopic (exact) mass is 450 g/mol. The Kier molecular flexibility index (Phi) is 12.3. The molecule has 0 radical (unpaired) electrons. The Morgan fingerprint density at radius 2 is 1.77 bits per heavy atom. The second-order valence-corrected chi connectivity index (χ2v) is 3.04. The third-order valence-electron chi connectivity index (χ3n) is 1.71. The first-order valence-electron chi connectivity index (χ1n) is 3.82. The summed E-state index contributed by atoms with van der Waals surface area (Å²) in [6, 6.07) is 0. The summed E-state index contributed by atoms with van der Waals surface area (Å²) in [5, 5.41) is 0. The van der Waals surface area contributed by atoms with Gasteiger partial charge in [-0.15, -0.1) is 48.0 Å². The molecule has 1 aliphatic rings. The molecule has 0 saturated carbocycles. The predicted octanol–water partition coefficient (Wildman–Crippen LogP) is 3.35. The van der Waals surface area contributed by atoms with Crippen molar-refractivity contribution >= 4 is 52.7 Å². The third kappa shape index (κ3) is 7.09. The average Bonchev–Trinajstić information content (AvgIpc) is 1.84. The van der Waals surface area contributed by atoms with Crippen molar-refractivity contribution in [2.24, 2.45) is 0 Å². The van der Waals surface area contributed by atoms with Crippen molar-refractivity contribution in [3.05, 3.63) is 23.8 Å². The molecule has 0 N–H and O–H groups in total. The van der Waals surface area contributed by atoms with Crippen LogP contribution < -0.4 is 0 Å². The Morgan fingerprint density at radius 1 is 1.15 bits per heavy atom. The Hall–Kier alpha value is 1.12. The summed E-state index contributed by atoms with van der Waals surface area (Å²) in [6.45, 7) is 0. The Morgan fingerprint density at radius 3 is 2.38 bits per heavy atom. The van der Waals surface area contributed by atoms with Crippen LogP contribution in [0.15, 0.2) is 23.8 Å². The van der Waals surface area contributed by atoms with Gasteiger partial charge in [-0.05, 0) is 0 Å². The average molecular weight is 450 g/mol. The van der Waals surface area contributed by atoms with Crippen molar-refractivity contribution in [2.45, 2.75) is 25.7 Å². The maximum absolute atomic E-state index is 10.8. The second kappa shape index (κ2) is 9.66. The number of halogens is 2. The van der Waals surface area contributed by atoms with E-state index in [1.165, 1.54) is 0 Å². The van der Waals surface area contributed by atoms with E-state index in [1.54, 1.807) is 0 Å². The van der Waals surface area contributed by atoms with Gasteiger partial charge in [-0.1, -0.05) is 0 Å². The van der Waals surface area contributed by atoms with E-state index in [0.29, 0.717) is 0 Å². The fourth-order valence-corrected chi connectivity index (χ4v) is 1.34. The fourth-order valence-electron chi connectivity index (χ4n) is 1.10. The number of carbonyl (C=O) groups excluding carboxylic acids is 1. The number of hydrogen-bond acceptors (Lipinski definition) is 1. The van der Waals surface area contributed by atoms with Crippen molar-refractivity contribution in [2.75, 3.05) is 0 Å². The van der Waals surface area contributed by atoms with E-state index in [1.807, 2.05) is 6.08 Å². The zero-order chi connectivity index (χ0) is 8.10. The van der Waals surface area contributed by atoms with Gasteiger partial charge in [-0.3, -0.25) is 0 Å². The Bertz CT molecular complexity index is 212. The Balaban J connectivity index is 0. The molecule has 78 valence electrons. The molecule has 0 saturated heterocycles. The molecule has 0 bridgehead atoms. The molecule has 0 aromatic heterocycles. The first-order chi connectivity index (χ1) is 5.30. The van der Waals surface area contributed by atoms with E-state index < -0.39 is 0 Å². The summed E-state index contributed by atoms with van der Waals surface area (Å²) in [7, 11) is 0. The van der Waals surface area contributed by atoms with Gasteiger partial charge in [0.25, 0.3) is 0 Å². The van der Waals surface area contributed by atoms with Gasteiger partial charge >= 0.3 is 74.7 Å². The zero-order valence-corrected chi connectivity index (χ0v) is 12.8. The van der Waals surface area contributed by atoms with Crippen LogP contribution in [0.5, 0.6) is 0 Å². The van der Waals surface area contributed by atoms with Crippen LogP contribution in [0, 0.1) is 0 Å². The molecule has 0 aromatic rings. The molecule has 0 fully saturated rings. The normalized spacial score (nSPS) is 15.7. The molecule has 4 heteroatoms. The molecule has 13 heavy (non-hydrogen) atoms.